The van der Waals surface area contributed by atoms with E-state index in [1.807, 2.05) is 24.1 Å². The number of benzene rings is 4. The number of nitrogens with two attached hydrogens (primary N) is 1. The third-order valence-electron chi connectivity index (χ3n) is 16.7. The molecule has 0 aromatic heterocycles. The van der Waals surface area contributed by atoms with Crippen LogP contribution in [0.25, 0.3) is 5.57 Å². The van der Waals surface area contributed by atoms with Gasteiger partial charge in [-0.2, -0.15) is 0 Å². The number of fused-ring (bicyclic) bond motifs is 4. The summed E-state index contributed by atoms with van der Waals surface area (Å²) in [7, 11) is 1.55. The predicted octanol–water partition coefficient (Wildman–Crippen LogP) is 8.27. The Bertz CT molecular complexity index is 3150. The molecule has 4 aliphatic heterocycles. The van der Waals surface area contributed by atoms with Gasteiger partial charge in [0.1, 0.15) is 19.0 Å². The summed E-state index contributed by atoms with van der Waals surface area (Å²) >= 11 is 0. The first-order valence-electron chi connectivity index (χ1n) is 28.7. The molecule has 9 rings (SSSR count). The standard InChI is InChI=1S/C64H76N6O13/c1-7-24-82-57(72)32-47(38(2)3)58(73)67-50(10-8-23-66-62(65)77)53(71)28-41-13-15-42(16-14-41)36-83-63(78)70-51-33-54(40(5)27-49(51)60(75)69-37-64(21-22-64)34-52(69)61(70)76)80-25-9-26-81-56-30-44-19-20-46-29-45(43-17-11-39(4)12-18-43)35-68(46)59(74)48(44)31-55(56)79-6/h7,11-18,27,30-31,33,35,38,46-47,50,52,61,76H,1,8-10,19-26,28-29,32,34,36-37H2,2-6H3,(H,67,73)(H3,65,66,77)/t46-,47+,50?,52+,61?/m1/s1. The van der Waals surface area contributed by atoms with Crippen LogP contribution in [0.1, 0.15) is 126 Å². The van der Waals surface area contributed by atoms with Crippen molar-refractivity contribution in [2.24, 2.45) is 23.0 Å². The minimum absolute atomic E-state index is 0.00618. The minimum atomic E-state index is -1.43. The number of aliphatic hydroxyl groups excluding tert-OH is 1. The molecule has 1 saturated carbocycles. The lowest BCUT2D eigenvalue weighted by Crippen LogP contribution is -2.50. The van der Waals surface area contributed by atoms with Gasteiger partial charge in [-0.1, -0.05) is 80.6 Å². The number of hydrogen-bond donors (Lipinski definition) is 4. The second-order valence-corrected chi connectivity index (χ2v) is 23.0. The number of carbonyl (C=O) groups is 7. The molecule has 2 fully saturated rings. The number of ether oxygens (including phenoxy) is 5. The van der Waals surface area contributed by atoms with Crippen LogP contribution in [-0.4, -0.2) is 121 Å². The van der Waals surface area contributed by atoms with Gasteiger partial charge >= 0.3 is 18.1 Å². The van der Waals surface area contributed by atoms with Crippen LogP contribution in [0.3, 0.4) is 0 Å². The lowest BCUT2D eigenvalue weighted by molar-refractivity contribution is -0.146. The Morgan fingerprint density at radius 2 is 1.60 bits per heavy atom. The molecule has 0 radical (unpaired) electrons. The number of amides is 6. The third kappa shape index (κ3) is 13.8. The first-order chi connectivity index (χ1) is 39.8. The van der Waals surface area contributed by atoms with Gasteiger partial charge in [-0.05, 0) is 128 Å². The maximum atomic E-state index is 14.4. The number of aryl methyl sites for hydroxylation is 3. The van der Waals surface area contributed by atoms with Crippen molar-refractivity contribution in [3.8, 4) is 17.2 Å². The zero-order valence-corrected chi connectivity index (χ0v) is 48.0. The molecule has 4 heterocycles. The summed E-state index contributed by atoms with van der Waals surface area (Å²) in [4.78, 5) is 98.7. The number of urea groups is 1. The Kier molecular flexibility index (Phi) is 18.6. The Hall–Kier alpha value is -8.19. The van der Waals surface area contributed by atoms with Crippen molar-refractivity contribution in [2.75, 3.05) is 44.9 Å². The smallest absolute Gasteiger partial charge is 0.416 e. The fourth-order valence-electron chi connectivity index (χ4n) is 11.7. The van der Waals surface area contributed by atoms with E-state index >= 15 is 0 Å². The van der Waals surface area contributed by atoms with Crippen LogP contribution >= 0.6 is 0 Å². The Balaban J connectivity index is 0.840. The van der Waals surface area contributed by atoms with Crippen LogP contribution in [0.4, 0.5) is 15.3 Å². The van der Waals surface area contributed by atoms with E-state index in [2.05, 4.69) is 48.4 Å². The summed E-state index contributed by atoms with van der Waals surface area (Å²) in [6.07, 6.45) is 6.52. The van der Waals surface area contributed by atoms with Gasteiger partial charge in [0.25, 0.3) is 11.8 Å². The van der Waals surface area contributed by atoms with Gasteiger partial charge < -0.3 is 55.0 Å². The lowest BCUT2D eigenvalue weighted by atomic mass is 9.90. The molecule has 440 valence electrons. The lowest BCUT2D eigenvalue weighted by Gasteiger charge is -2.31. The second-order valence-electron chi connectivity index (χ2n) is 23.0. The summed E-state index contributed by atoms with van der Waals surface area (Å²) in [5, 5.41) is 17.5. The molecule has 1 saturated heterocycles. The molecule has 4 aromatic rings. The summed E-state index contributed by atoms with van der Waals surface area (Å²) in [5.74, 6) is -1.33. The molecule has 19 nitrogen and oxygen atoms in total. The normalized spacial score (nSPS) is 19.0. The van der Waals surface area contributed by atoms with Crippen molar-refractivity contribution in [3.63, 3.8) is 0 Å². The highest BCUT2D eigenvalue weighted by Gasteiger charge is 2.58. The van der Waals surface area contributed by atoms with Crippen molar-refractivity contribution >= 4 is 52.9 Å². The number of ketones is 1. The van der Waals surface area contributed by atoms with E-state index < -0.39 is 48.2 Å². The Morgan fingerprint density at radius 1 is 0.880 bits per heavy atom. The van der Waals surface area contributed by atoms with Crippen LogP contribution in [-0.2, 0) is 43.3 Å². The third-order valence-corrected chi connectivity index (χ3v) is 16.7. The van der Waals surface area contributed by atoms with Gasteiger partial charge in [-0.15, -0.1) is 0 Å². The molecule has 1 aliphatic carbocycles. The number of carbonyl (C=O) groups excluding carboxylic acids is 7. The van der Waals surface area contributed by atoms with E-state index in [9.17, 15) is 38.7 Å². The van der Waals surface area contributed by atoms with Crippen molar-refractivity contribution in [1.82, 2.24) is 20.4 Å². The zero-order chi connectivity index (χ0) is 59.1. The number of hydrogen-bond acceptors (Lipinski definition) is 13. The summed E-state index contributed by atoms with van der Waals surface area (Å²) in [5.41, 5.74) is 12.3. The number of methoxy groups -OCH3 is 1. The first kappa shape index (κ1) is 59.4. The van der Waals surface area contributed by atoms with Gasteiger partial charge in [0.05, 0.1) is 56.0 Å². The molecule has 5 aliphatic rings. The van der Waals surface area contributed by atoms with E-state index in [0.29, 0.717) is 71.7 Å². The van der Waals surface area contributed by atoms with E-state index in [0.717, 1.165) is 47.3 Å². The molecular weight excluding hydrogens is 1060 g/mol. The topological polar surface area (TPSA) is 246 Å². The van der Waals surface area contributed by atoms with Gasteiger partial charge in [-0.3, -0.25) is 24.0 Å². The van der Waals surface area contributed by atoms with Gasteiger partial charge in [0, 0.05) is 49.8 Å². The Morgan fingerprint density at radius 3 is 2.29 bits per heavy atom. The van der Waals surface area contributed by atoms with Crippen molar-refractivity contribution in [3.05, 3.63) is 136 Å². The van der Waals surface area contributed by atoms with E-state index in [4.69, 9.17) is 29.4 Å². The number of aliphatic hydroxyl groups is 1. The van der Waals surface area contributed by atoms with Crippen molar-refractivity contribution in [2.45, 2.75) is 129 Å². The highest BCUT2D eigenvalue weighted by Crippen LogP contribution is 2.57. The second kappa shape index (κ2) is 25.9. The number of primary amides is 1. The van der Waals surface area contributed by atoms with Crippen LogP contribution in [0.2, 0.25) is 0 Å². The molecule has 6 amide bonds. The van der Waals surface area contributed by atoms with E-state index in [-0.39, 0.29) is 98.5 Å². The van der Waals surface area contributed by atoms with Gasteiger partial charge in [0.2, 0.25) is 5.91 Å². The monoisotopic (exact) mass is 1140 g/mol. The van der Waals surface area contributed by atoms with Crippen LogP contribution < -0.4 is 35.5 Å². The summed E-state index contributed by atoms with van der Waals surface area (Å²) in [6, 6.07) is 19.9. The minimum Gasteiger partial charge on any atom is -0.493 e. The van der Waals surface area contributed by atoms with Gasteiger partial charge in [0.15, 0.2) is 23.5 Å². The quantitative estimate of drug-likeness (QED) is 0.0294. The van der Waals surface area contributed by atoms with Crippen LogP contribution in [0.15, 0.2) is 91.7 Å². The largest absolute Gasteiger partial charge is 0.493 e. The van der Waals surface area contributed by atoms with Gasteiger partial charge in [-0.25, -0.2) is 14.5 Å². The van der Waals surface area contributed by atoms with Crippen molar-refractivity contribution < 1.29 is 62.4 Å². The fraction of sp³-hybridized carbons (Fsp3) is 0.453. The van der Waals surface area contributed by atoms with Crippen LogP contribution in [0, 0.1) is 31.1 Å². The van der Waals surface area contributed by atoms with E-state index in [1.54, 1.807) is 68.3 Å². The highest BCUT2D eigenvalue weighted by molar-refractivity contribution is 6.06. The number of nitrogens with one attached hydrogen (secondary N) is 2. The SMILES string of the molecule is C=CCOC(=O)C[C@H](C(=O)NC(CCCNC(N)=O)C(=O)Cc1ccc(COC(=O)N2c3cc(OCCCOc4cc5c(cc4OC)C(=O)N4C=C(c6ccc(C)cc6)C[C@H]4CC5)c(C)cc3C(=O)N3CC4(CC4)C[C@H]3C2O)cc1)C(C)C. The Labute approximate surface area is 484 Å². The maximum Gasteiger partial charge on any atom is 0.416 e. The molecule has 19 heteroatoms. The molecule has 5 N–H and O–H groups in total. The molecule has 4 aromatic carbocycles. The fourth-order valence-corrected chi connectivity index (χ4v) is 11.7. The molecule has 1 spiro atoms. The average Bonchev–Trinajstić information content (AvgIpc) is 2.03. The number of rotatable bonds is 24. The van der Waals surface area contributed by atoms with E-state index in [1.165, 1.54) is 11.6 Å². The maximum absolute atomic E-state index is 14.4. The molecule has 2 unspecified atom stereocenters. The molecule has 83 heavy (non-hydrogen) atoms. The highest BCUT2D eigenvalue weighted by atomic mass is 16.6. The summed E-state index contributed by atoms with van der Waals surface area (Å²) in [6.45, 7) is 11.9. The number of anilines is 1. The summed E-state index contributed by atoms with van der Waals surface area (Å²) < 4.78 is 29.4. The molecular formula is C64H76N6O13. The zero-order valence-electron chi connectivity index (χ0n) is 48.0. The number of esters is 1. The van der Waals surface area contributed by atoms with Crippen LogP contribution in [0.5, 0.6) is 17.2 Å². The first-order valence-corrected chi connectivity index (χ1v) is 28.7. The predicted molar refractivity (Wildman–Crippen MR) is 310 cm³/mol. The number of Topliss-reactive ketones (excluding diaryl/α,β-unsaturated/α-hetero) is 1. The number of nitrogens with zero attached hydrogens (tertiary/aromatic N) is 3. The van der Waals surface area contributed by atoms with Crippen molar-refractivity contribution in [1.29, 1.82) is 0 Å². The molecule has 5 atom stereocenters. The average molecular weight is 1140 g/mol. The molecule has 0 bridgehead atoms.